The topological polar surface area (TPSA) is 102 Å². The first-order chi connectivity index (χ1) is 15.2. The van der Waals surface area contributed by atoms with Crippen LogP contribution in [0.15, 0.2) is 42.5 Å². The predicted molar refractivity (Wildman–Crippen MR) is 117 cm³/mol. The minimum atomic E-state index is -0.883. The number of carbonyl (C=O) groups is 3. The molecule has 0 aliphatic rings. The zero-order chi connectivity index (χ0) is 23.4. The van der Waals surface area contributed by atoms with Crippen LogP contribution in [-0.4, -0.2) is 34.3 Å². The number of benzene rings is 2. The Labute approximate surface area is 188 Å². The zero-order valence-electron chi connectivity index (χ0n) is 17.5. The van der Waals surface area contributed by atoms with Gasteiger partial charge in [-0.1, -0.05) is 23.7 Å². The number of esters is 1. The fourth-order valence-corrected chi connectivity index (χ4v) is 3.24. The van der Waals surface area contributed by atoms with Crippen LogP contribution in [0.25, 0.3) is 5.69 Å². The summed E-state index contributed by atoms with van der Waals surface area (Å²) in [6.45, 7) is 4.58. The Kier molecular flexibility index (Phi) is 6.89. The molecule has 166 valence electrons. The molecule has 0 radical (unpaired) electrons. The highest BCUT2D eigenvalue weighted by atomic mass is 35.5. The molecule has 2 N–H and O–H groups in total. The van der Waals surface area contributed by atoms with Crippen molar-refractivity contribution in [1.82, 2.24) is 15.1 Å². The number of carbonyl (C=O) groups excluding carboxylic acids is 3. The number of ether oxygens (including phenoxy) is 1. The van der Waals surface area contributed by atoms with Crippen molar-refractivity contribution in [3.8, 4) is 5.69 Å². The van der Waals surface area contributed by atoms with E-state index in [4.69, 9.17) is 16.3 Å². The number of nitrogens with zero attached hydrogens (tertiary/aromatic N) is 2. The highest BCUT2D eigenvalue weighted by Gasteiger charge is 2.23. The van der Waals surface area contributed by atoms with Gasteiger partial charge >= 0.3 is 12.0 Å². The van der Waals surface area contributed by atoms with E-state index in [9.17, 15) is 18.8 Å². The molecule has 0 aliphatic carbocycles. The van der Waals surface area contributed by atoms with E-state index in [1.807, 2.05) is 19.9 Å². The molecule has 8 nitrogen and oxygen atoms in total. The summed E-state index contributed by atoms with van der Waals surface area (Å²) in [6.07, 6.45) is 0. The summed E-state index contributed by atoms with van der Waals surface area (Å²) >= 11 is 6.26. The Morgan fingerprint density at radius 3 is 2.47 bits per heavy atom. The molecule has 1 aromatic heterocycles. The molecule has 2 aromatic carbocycles. The number of hydrogen-bond acceptors (Lipinski definition) is 5. The van der Waals surface area contributed by atoms with Gasteiger partial charge in [0.25, 0.3) is 5.91 Å². The average molecular weight is 459 g/mol. The number of amides is 3. The number of imide groups is 1. The molecule has 0 atom stereocenters. The van der Waals surface area contributed by atoms with Gasteiger partial charge in [0, 0.05) is 5.69 Å². The van der Waals surface area contributed by atoms with Crippen molar-refractivity contribution in [3.63, 3.8) is 0 Å². The Hall–Kier alpha value is -3.72. The second-order valence-corrected chi connectivity index (χ2v) is 7.32. The van der Waals surface area contributed by atoms with Crippen LogP contribution in [0.4, 0.5) is 14.9 Å². The smallest absolute Gasteiger partial charge is 0.343 e. The third-order valence-corrected chi connectivity index (χ3v) is 5.07. The zero-order valence-corrected chi connectivity index (χ0v) is 18.3. The van der Waals surface area contributed by atoms with Crippen molar-refractivity contribution in [3.05, 3.63) is 75.8 Å². The van der Waals surface area contributed by atoms with Crippen LogP contribution >= 0.6 is 11.6 Å². The lowest BCUT2D eigenvalue weighted by Crippen LogP contribution is -2.37. The van der Waals surface area contributed by atoms with Crippen LogP contribution in [-0.2, 0) is 9.53 Å². The Bertz CT molecular complexity index is 1190. The molecule has 0 saturated heterocycles. The molecular weight excluding hydrogens is 439 g/mol. The van der Waals surface area contributed by atoms with E-state index in [-0.39, 0.29) is 16.4 Å². The van der Waals surface area contributed by atoms with Gasteiger partial charge in [0.1, 0.15) is 16.5 Å². The molecule has 32 heavy (non-hydrogen) atoms. The van der Waals surface area contributed by atoms with Gasteiger partial charge in [-0.25, -0.2) is 18.7 Å². The highest BCUT2D eigenvalue weighted by molar-refractivity contribution is 6.33. The summed E-state index contributed by atoms with van der Waals surface area (Å²) in [5.41, 5.74) is 3.07. The molecule has 0 saturated carbocycles. The maximum atomic E-state index is 13.1. The first kappa shape index (κ1) is 23.0. The standard InChI is InChI=1S/C22H20ClFN4O4/c1-12-5-4-6-17(13(12)2)25-22(31)26-18(29)11-32-21(30)19-14(3)27-28(20(19)23)16-9-7-15(24)8-10-16/h4-10H,11H2,1-3H3,(H2,25,26,29,31). The summed E-state index contributed by atoms with van der Waals surface area (Å²) in [6, 6.07) is 9.99. The lowest BCUT2D eigenvalue weighted by atomic mass is 10.1. The van der Waals surface area contributed by atoms with E-state index in [0.29, 0.717) is 11.4 Å². The molecule has 0 aliphatic heterocycles. The minimum Gasteiger partial charge on any atom is -0.452 e. The molecule has 3 rings (SSSR count). The number of nitrogens with one attached hydrogen (secondary N) is 2. The van der Waals surface area contributed by atoms with Gasteiger partial charge in [-0.2, -0.15) is 5.10 Å². The third-order valence-electron chi connectivity index (χ3n) is 4.72. The van der Waals surface area contributed by atoms with E-state index in [1.54, 1.807) is 19.1 Å². The summed E-state index contributed by atoms with van der Waals surface area (Å²) in [5.74, 6) is -2.13. The van der Waals surface area contributed by atoms with Crippen LogP contribution in [0.5, 0.6) is 0 Å². The van der Waals surface area contributed by atoms with Crippen molar-refractivity contribution >= 4 is 35.2 Å². The maximum Gasteiger partial charge on any atom is 0.343 e. The molecule has 0 unspecified atom stereocenters. The lowest BCUT2D eigenvalue weighted by molar-refractivity contribution is -0.123. The first-order valence-electron chi connectivity index (χ1n) is 9.52. The number of rotatable bonds is 5. The monoisotopic (exact) mass is 458 g/mol. The van der Waals surface area contributed by atoms with Gasteiger partial charge in [-0.15, -0.1) is 0 Å². The average Bonchev–Trinajstić information content (AvgIpc) is 3.04. The van der Waals surface area contributed by atoms with Gasteiger partial charge < -0.3 is 10.1 Å². The third kappa shape index (κ3) is 5.12. The van der Waals surface area contributed by atoms with E-state index in [2.05, 4.69) is 15.7 Å². The van der Waals surface area contributed by atoms with E-state index in [1.165, 1.54) is 28.9 Å². The Balaban J connectivity index is 1.60. The van der Waals surface area contributed by atoms with Gasteiger partial charge in [0.05, 0.1) is 11.4 Å². The van der Waals surface area contributed by atoms with Crippen LogP contribution in [0, 0.1) is 26.6 Å². The summed E-state index contributed by atoms with van der Waals surface area (Å²) in [4.78, 5) is 36.5. The van der Waals surface area contributed by atoms with Crippen LogP contribution in [0.1, 0.15) is 27.2 Å². The van der Waals surface area contributed by atoms with E-state index in [0.717, 1.165) is 11.1 Å². The Morgan fingerprint density at radius 2 is 1.78 bits per heavy atom. The molecule has 0 bridgehead atoms. The molecule has 0 spiro atoms. The normalized spacial score (nSPS) is 10.5. The van der Waals surface area contributed by atoms with Gasteiger partial charge in [-0.3, -0.25) is 10.1 Å². The summed E-state index contributed by atoms with van der Waals surface area (Å²) in [7, 11) is 0. The number of halogens is 2. The molecule has 3 amide bonds. The highest BCUT2D eigenvalue weighted by Crippen LogP contribution is 2.24. The second-order valence-electron chi connectivity index (χ2n) is 6.97. The predicted octanol–water partition coefficient (Wildman–Crippen LogP) is 4.10. The van der Waals surface area contributed by atoms with Crippen molar-refractivity contribution in [2.45, 2.75) is 20.8 Å². The number of anilines is 1. The SMILES string of the molecule is Cc1cccc(NC(=O)NC(=O)COC(=O)c2c(C)nn(-c3ccc(F)cc3)c2Cl)c1C. The van der Waals surface area contributed by atoms with E-state index >= 15 is 0 Å². The summed E-state index contributed by atoms with van der Waals surface area (Å²) < 4.78 is 19.4. The van der Waals surface area contributed by atoms with Crippen LogP contribution in [0.3, 0.4) is 0 Å². The number of urea groups is 1. The maximum absolute atomic E-state index is 13.1. The Morgan fingerprint density at radius 1 is 1.09 bits per heavy atom. The van der Waals surface area contributed by atoms with Crippen LogP contribution in [0.2, 0.25) is 5.15 Å². The minimum absolute atomic E-state index is 0.0383. The lowest BCUT2D eigenvalue weighted by Gasteiger charge is -2.11. The van der Waals surface area contributed by atoms with Crippen molar-refractivity contribution in [2.24, 2.45) is 0 Å². The fraction of sp³-hybridized carbons (Fsp3) is 0.182. The molecule has 10 heteroatoms. The second kappa shape index (κ2) is 9.61. The molecule has 0 fully saturated rings. The molecule has 1 heterocycles. The number of hydrogen-bond donors (Lipinski definition) is 2. The van der Waals surface area contributed by atoms with Gasteiger partial charge in [0.15, 0.2) is 6.61 Å². The van der Waals surface area contributed by atoms with Crippen molar-refractivity contribution < 1.29 is 23.5 Å². The van der Waals surface area contributed by atoms with Crippen molar-refractivity contribution in [2.75, 3.05) is 11.9 Å². The van der Waals surface area contributed by atoms with Crippen LogP contribution < -0.4 is 10.6 Å². The quantitative estimate of drug-likeness (QED) is 0.560. The molecular formula is C22H20ClFN4O4. The van der Waals surface area contributed by atoms with E-state index < -0.39 is 30.3 Å². The fourth-order valence-electron chi connectivity index (χ4n) is 2.89. The first-order valence-corrected chi connectivity index (χ1v) is 9.90. The largest absolute Gasteiger partial charge is 0.452 e. The molecule has 3 aromatic rings. The number of aromatic nitrogens is 2. The van der Waals surface area contributed by atoms with Gasteiger partial charge in [-0.05, 0) is 62.2 Å². The number of aryl methyl sites for hydroxylation is 2. The van der Waals surface area contributed by atoms with Crippen molar-refractivity contribution in [1.29, 1.82) is 0 Å². The van der Waals surface area contributed by atoms with Gasteiger partial charge in [0.2, 0.25) is 0 Å². The summed E-state index contributed by atoms with van der Waals surface area (Å²) in [5, 5.41) is 8.78.